The fraction of sp³-hybridized carbons (Fsp3) is 0.500. The van der Waals surface area contributed by atoms with Gasteiger partial charge < -0.3 is 14.4 Å². The van der Waals surface area contributed by atoms with E-state index in [1.54, 1.807) is 0 Å². The molecule has 0 aliphatic carbocycles. The van der Waals surface area contributed by atoms with Crippen LogP contribution in [0.15, 0.2) is 18.2 Å². The number of nitrogens with zero attached hydrogens (tertiary/aromatic N) is 1. The predicted octanol–water partition coefficient (Wildman–Crippen LogP) is 2.09. The van der Waals surface area contributed by atoms with Gasteiger partial charge in [-0.25, -0.2) is 0 Å². The topological polar surface area (TPSA) is 55.8 Å². The first-order chi connectivity index (χ1) is 9.97. The molecule has 0 fully saturated rings. The fourth-order valence-corrected chi connectivity index (χ4v) is 1.88. The van der Waals surface area contributed by atoms with Gasteiger partial charge in [-0.1, -0.05) is 19.1 Å². The molecule has 1 aromatic carbocycles. The van der Waals surface area contributed by atoms with Crippen molar-refractivity contribution >= 4 is 11.9 Å². The summed E-state index contributed by atoms with van der Waals surface area (Å²) in [6.45, 7) is 6.22. The van der Waals surface area contributed by atoms with E-state index in [2.05, 4.69) is 4.74 Å². The molecule has 5 nitrogen and oxygen atoms in total. The third kappa shape index (κ3) is 5.45. The zero-order chi connectivity index (χ0) is 15.8. The summed E-state index contributed by atoms with van der Waals surface area (Å²) < 4.78 is 10.2. The summed E-state index contributed by atoms with van der Waals surface area (Å²) in [6, 6.07) is 5.84. The van der Waals surface area contributed by atoms with E-state index in [1.807, 2.05) is 39.0 Å². The Labute approximate surface area is 125 Å². The Morgan fingerprint density at radius 2 is 1.95 bits per heavy atom. The highest BCUT2D eigenvalue weighted by molar-refractivity contribution is 5.83. The van der Waals surface area contributed by atoms with Crippen LogP contribution in [0.5, 0.6) is 5.75 Å². The van der Waals surface area contributed by atoms with Gasteiger partial charge in [0, 0.05) is 6.54 Å². The Kier molecular flexibility index (Phi) is 6.72. The highest BCUT2D eigenvalue weighted by atomic mass is 16.5. The number of ether oxygens (including phenoxy) is 2. The highest BCUT2D eigenvalue weighted by Gasteiger charge is 2.17. The Balaban J connectivity index is 2.64. The lowest BCUT2D eigenvalue weighted by Gasteiger charge is -2.21. The van der Waals surface area contributed by atoms with Gasteiger partial charge in [0.15, 0.2) is 6.61 Å². The lowest BCUT2D eigenvalue weighted by molar-refractivity contribution is -0.147. The van der Waals surface area contributed by atoms with Crippen molar-refractivity contribution in [2.45, 2.75) is 27.2 Å². The molecule has 0 spiro atoms. The molecule has 0 atom stereocenters. The summed E-state index contributed by atoms with van der Waals surface area (Å²) in [7, 11) is 1.31. The van der Waals surface area contributed by atoms with Gasteiger partial charge in [-0.2, -0.15) is 0 Å². The number of aryl methyl sites for hydroxylation is 2. The standard InChI is InChI=1S/C16H23NO4/c1-5-8-17(10-16(19)20-4)15(18)11-21-14-9-12(2)6-7-13(14)3/h6-7,9H,5,8,10-11H2,1-4H3. The van der Waals surface area contributed by atoms with Gasteiger partial charge in [0.1, 0.15) is 12.3 Å². The third-order valence-corrected chi connectivity index (χ3v) is 3.09. The molecule has 0 saturated heterocycles. The minimum absolute atomic E-state index is 0.0423. The van der Waals surface area contributed by atoms with Crippen molar-refractivity contribution in [3.63, 3.8) is 0 Å². The normalized spacial score (nSPS) is 10.1. The number of amides is 1. The Morgan fingerprint density at radius 1 is 1.24 bits per heavy atom. The smallest absolute Gasteiger partial charge is 0.325 e. The molecular formula is C16H23NO4. The number of hydrogen-bond acceptors (Lipinski definition) is 4. The molecule has 1 rings (SSSR count). The van der Waals surface area contributed by atoms with Crippen molar-refractivity contribution in [1.29, 1.82) is 0 Å². The number of benzene rings is 1. The minimum Gasteiger partial charge on any atom is -0.483 e. The van der Waals surface area contributed by atoms with Crippen molar-refractivity contribution in [2.75, 3.05) is 26.8 Å². The Hall–Kier alpha value is -2.04. The van der Waals surface area contributed by atoms with E-state index in [1.165, 1.54) is 12.0 Å². The maximum absolute atomic E-state index is 12.1. The quantitative estimate of drug-likeness (QED) is 0.722. The molecule has 0 aliphatic heterocycles. The predicted molar refractivity (Wildman–Crippen MR) is 80.3 cm³/mol. The van der Waals surface area contributed by atoms with Crippen LogP contribution in [0.2, 0.25) is 0 Å². The van der Waals surface area contributed by atoms with Crippen LogP contribution in [0.3, 0.4) is 0 Å². The van der Waals surface area contributed by atoms with Crippen LogP contribution in [-0.2, 0) is 14.3 Å². The van der Waals surface area contributed by atoms with Crippen molar-refractivity contribution in [3.05, 3.63) is 29.3 Å². The third-order valence-electron chi connectivity index (χ3n) is 3.09. The zero-order valence-corrected chi connectivity index (χ0v) is 13.1. The average molecular weight is 293 g/mol. The molecule has 0 saturated carbocycles. The van der Waals surface area contributed by atoms with E-state index in [4.69, 9.17) is 4.74 Å². The number of rotatable bonds is 7. The molecule has 1 amide bonds. The SMILES string of the molecule is CCCN(CC(=O)OC)C(=O)COc1cc(C)ccc1C. The number of esters is 1. The molecule has 21 heavy (non-hydrogen) atoms. The Morgan fingerprint density at radius 3 is 2.57 bits per heavy atom. The van der Waals surface area contributed by atoms with Crippen LogP contribution in [0.1, 0.15) is 24.5 Å². The molecule has 0 radical (unpaired) electrons. The minimum atomic E-state index is -0.427. The summed E-state index contributed by atoms with van der Waals surface area (Å²) in [5.41, 5.74) is 2.05. The molecule has 1 aromatic rings. The molecule has 116 valence electrons. The summed E-state index contributed by atoms with van der Waals surface area (Å²) in [5.74, 6) is 0.0459. The Bertz CT molecular complexity index is 499. The first-order valence-corrected chi connectivity index (χ1v) is 7.02. The highest BCUT2D eigenvalue weighted by Crippen LogP contribution is 2.19. The number of carbonyl (C=O) groups is 2. The summed E-state index contributed by atoms with van der Waals surface area (Å²) in [4.78, 5) is 24.9. The summed E-state index contributed by atoms with van der Waals surface area (Å²) in [5, 5.41) is 0. The second-order valence-corrected chi connectivity index (χ2v) is 4.95. The van der Waals surface area contributed by atoms with Gasteiger partial charge in [-0.3, -0.25) is 9.59 Å². The fourth-order valence-electron chi connectivity index (χ4n) is 1.88. The van der Waals surface area contributed by atoms with E-state index in [9.17, 15) is 9.59 Å². The molecule has 5 heteroatoms. The van der Waals surface area contributed by atoms with E-state index in [-0.39, 0.29) is 19.1 Å². The van der Waals surface area contributed by atoms with Crippen molar-refractivity contribution < 1.29 is 19.1 Å². The van der Waals surface area contributed by atoms with Crippen LogP contribution in [0.25, 0.3) is 0 Å². The average Bonchev–Trinajstić information content (AvgIpc) is 2.47. The van der Waals surface area contributed by atoms with Gasteiger partial charge in [0.2, 0.25) is 0 Å². The van der Waals surface area contributed by atoms with Crippen LogP contribution in [-0.4, -0.2) is 43.6 Å². The van der Waals surface area contributed by atoms with Gasteiger partial charge in [0.25, 0.3) is 5.91 Å². The molecule has 0 N–H and O–H groups in total. The van der Waals surface area contributed by atoms with Crippen LogP contribution in [0, 0.1) is 13.8 Å². The molecule has 0 unspecified atom stereocenters. The van der Waals surface area contributed by atoms with Gasteiger partial charge in [-0.15, -0.1) is 0 Å². The zero-order valence-electron chi connectivity index (χ0n) is 13.1. The second-order valence-electron chi connectivity index (χ2n) is 4.95. The molecule has 0 aliphatic rings. The van der Waals surface area contributed by atoms with Gasteiger partial charge >= 0.3 is 5.97 Å². The molecule has 0 aromatic heterocycles. The monoisotopic (exact) mass is 293 g/mol. The maximum atomic E-state index is 12.1. The lowest BCUT2D eigenvalue weighted by atomic mass is 10.1. The molecule has 0 bridgehead atoms. The van der Waals surface area contributed by atoms with E-state index in [0.717, 1.165) is 17.5 Å². The van der Waals surface area contributed by atoms with E-state index >= 15 is 0 Å². The summed E-state index contributed by atoms with van der Waals surface area (Å²) >= 11 is 0. The first kappa shape index (κ1) is 17.0. The van der Waals surface area contributed by atoms with E-state index in [0.29, 0.717) is 12.3 Å². The van der Waals surface area contributed by atoms with Gasteiger partial charge in [-0.05, 0) is 37.5 Å². The lowest BCUT2D eigenvalue weighted by Crippen LogP contribution is -2.39. The first-order valence-electron chi connectivity index (χ1n) is 7.02. The largest absolute Gasteiger partial charge is 0.483 e. The van der Waals surface area contributed by atoms with Crippen LogP contribution < -0.4 is 4.74 Å². The van der Waals surface area contributed by atoms with Gasteiger partial charge in [0.05, 0.1) is 7.11 Å². The maximum Gasteiger partial charge on any atom is 0.325 e. The van der Waals surface area contributed by atoms with Crippen LogP contribution in [0.4, 0.5) is 0 Å². The summed E-state index contributed by atoms with van der Waals surface area (Å²) in [6.07, 6.45) is 0.770. The van der Waals surface area contributed by atoms with E-state index < -0.39 is 5.97 Å². The van der Waals surface area contributed by atoms with Crippen LogP contribution >= 0.6 is 0 Å². The molecular weight excluding hydrogens is 270 g/mol. The number of methoxy groups -OCH3 is 1. The molecule has 0 heterocycles. The second kappa shape index (κ2) is 8.29. The number of carbonyl (C=O) groups excluding carboxylic acids is 2. The van der Waals surface area contributed by atoms with Crippen molar-refractivity contribution in [1.82, 2.24) is 4.90 Å². The number of hydrogen-bond donors (Lipinski definition) is 0. The van der Waals surface area contributed by atoms with Crippen molar-refractivity contribution in [2.24, 2.45) is 0 Å². The van der Waals surface area contributed by atoms with Crippen molar-refractivity contribution in [3.8, 4) is 5.75 Å².